The van der Waals surface area contributed by atoms with E-state index in [-0.39, 0.29) is 0 Å². The maximum atomic E-state index is 5.50. The zero-order valence-electron chi connectivity index (χ0n) is 10.4. The molecule has 1 rings (SSSR count). The largest absolute Gasteiger partial charge is 0.382 e. The molecule has 1 fully saturated rings. The Morgan fingerprint density at radius 3 is 2.75 bits per heavy atom. The Hall–Kier alpha value is -0.810. The number of hydrogen-bond donors (Lipinski definition) is 2. The molecule has 0 aromatic carbocycles. The van der Waals surface area contributed by atoms with Crippen LogP contribution in [0.3, 0.4) is 0 Å². The zero-order valence-corrected chi connectivity index (χ0v) is 10.4. The molecule has 0 bridgehead atoms. The third kappa shape index (κ3) is 4.37. The minimum absolute atomic E-state index is 0.645. The van der Waals surface area contributed by atoms with E-state index in [2.05, 4.69) is 22.2 Å². The molecular weight excluding hydrogens is 204 g/mol. The molecule has 5 nitrogen and oxygen atoms in total. The van der Waals surface area contributed by atoms with E-state index in [1.807, 2.05) is 6.92 Å². The fourth-order valence-corrected chi connectivity index (χ4v) is 1.68. The topological polar surface area (TPSA) is 62.9 Å². The fourth-order valence-electron chi connectivity index (χ4n) is 1.68. The van der Waals surface area contributed by atoms with Crippen molar-refractivity contribution in [1.82, 2.24) is 10.3 Å². The Morgan fingerprint density at radius 1 is 1.50 bits per heavy atom. The molecule has 0 saturated heterocycles. The van der Waals surface area contributed by atoms with E-state index in [9.17, 15) is 0 Å². The molecule has 0 radical (unpaired) electrons. The van der Waals surface area contributed by atoms with Crippen LogP contribution in [0, 0.1) is 0 Å². The smallest absolute Gasteiger partial charge is 0.208 e. The maximum Gasteiger partial charge on any atom is 0.208 e. The summed E-state index contributed by atoms with van der Waals surface area (Å²) in [7, 11) is 0. The van der Waals surface area contributed by atoms with Crippen molar-refractivity contribution in [3.63, 3.8) is 0 Å². The Morgan fingerprint density at radius 2 is 2.25 bits per heavy atom. The minimum atomic E-state index is 0.645. The summed E-state index contributed by atoms with van der Waals surface area (Å²) in [5.74, 6) is 6.32. The molecule has 0 aromatic heterocycles. The van der Waals surface area contributed by atoms with Crippen molar-refractivity contribution in [3.8, 4) is 0 Å². The molecule has 0 heterocycles. The predicted octanol–water partition coefficient (Wildman–Crippen LogP) is 0.717. The van der Waals surface area contributed by atoms with E-state index in [0.29, 0.717) is 6.04 Å². The molecule has 1 aliphatic carbocycles. The summed E-state index contributed by atoms with van der Waals surface area (Å²) in [5.41, 5.74) is 2.70. The first kappa shape index (κ1) is 13.3. The van der Waals surface area contributed by atoms with E-state index in [1.54, 1.807) is 0 Å². The van der Waals surface area contributed by atoms with Crippen molar-refractivity contribution < 1.29 is 4.74 Å². The van der Waals surface area contributed by atoms with E-state index in [0.717, 1.165) is 38.7 Å². The van der Waals surface area contributed by atoms with Crippen LogP contribution >= 0.6 is 0 Å². The average molecular weight is 228 g/mol. The van der Waals surface area contributed by atoms with Crippen LogP contribution in [0.25, 0.3) is 0 Å². The molecule has 1 aliphatic rings. The third-order valence-corrected chi connectivity index (χ3v) is 2.64. The van der Waals surface area contributed by atoms with E-state index >= 15 is 0 Å². The van der Waals surface area contributed by atoms with Gasteiger partial charge < -0.3 is 9.64 Å². The van der Waals surface area contributed by atoms with Crippen molar-refractivity contribution in [1.29, 1.82) is 0 Å². The first-order chi connectivity index (χ1) is 7.83. The fraction of sp³-hybridized carbons (Fsp3) is 0.909. The summed E-state index contributed by atoms with van der Waals surface area (Å²) in [6.07, 6.45) is 3.46. The summed E-state index contributed by atoms with van der Waals surface area (Å²) in [5, 5.41) is 0. The summed E-state index contributed by atoms with van der Waals surface area (Å²) in [6, 6.07) is 0.645. The number of aliphatic imine (C=N–C) groups is 1. The van der Waals surface area contributed by atoms with Crippen LogP contribution in [0.5, 0.6) is 0 Å². The van der Waals surface area contributed by atoms with Gasteiger partial charge in [0, 0.05) is 32.3 Å². The van der Waals surface area contributed by atoms with Crippen LogP contribution in [-0.4, -0.2) is 43.2 Å². The number of hydrogen-bond acceptors (Lipinski definition) is 3. The molecular formula is C11H24N4O. The van der Waals surface area contributed by atoms with Gasteiger partial charge in [0.15, 0.2) is 0 Å². The van der Waals surface area contributed by atoms with Gasteiger partial charge in [-0.1, -0.05) is 0 Å². The van der Waals surface area contributed by atoms with Gasteiger partial charge >= 0.3 is 0 Å². The average Bonchev–Trinajstić information content (AvgIpc) is 3.11. The van der Waals surface area contributed by atoms with Crippen LogP contribution in [0.1, 0.15) is 33.1 Å². The van der Waals surface area contributed by atoms with Gasteiger partial charge in [0.25, 0.3) is 0 Å². The monoisotopic (exact) mass is 228 g/mol. The summed E-state index contributed by atoms with van der Waals surface area (Å²) in [4.78, 5) is 6.71. The lowest BCUT2D eigenvalue weighted by Crippen LogP contribution is -2.46. The van der Waals surface area contributed by atoms with Gasteiger partial charge in [0.05, 0.1) is 0 Å². The Kier molecular flexibility index (Phi) is 6.18. The summed E-state index contributed by atoms with van der Waals surface area (Å²) in [6.45, 7) is 7.40. The van der Waals surface area contributed by atoms with E-state index in [1.165, 1.54) is 12.8 Å². The van der Waals surface area contributed by atoms with Crippen LogP contribution < -0.4 is 11.3 Å². The van der Waals surface area contributed by atoms with Crippen LogP contribution in [0.4, 0.5) is 0 Å². The summed E-state index contributed by atoms with van der Waals surface area (Å²) >= 11 is 0. The maximum absolute atomic E-state index is 5.50. The molecule has 1 saturated carbocycles. The molecule has 0 unspecified atom stereocenters. The highest BCUT2D eigenvalue weighted by Crippen LogP contribution is 2.26. The number of rotatable bonds is 7. The van der Waals surface area contributed by atoms with Crippen LogP contribution in [0.2, 0.25) is 0 Å². The Bertz CT molecular complexity index is 216. The van der Waals surface area contributed by atoms with Crippen molar-refractivity contribution in [3.05, 3.63) is 0 Å². The lowest BCUT2D eigenvalue weighted by molar-refractivity contribution is 0.146. The predicted molar refractivity (Wildman–Crippen MR) is 66.1 cm³/mol. The number of hydrazine groups is 1. The first-order valence-corrected chi connectivity index (χ1v) is 6.18. The zero-order chi connectivity index (χ0) is 11.8. The van der Waals surface area contributed by atoms with E-state index < -0.39 is 0 Å². The molecule has 0 amide bonds. The third-order valence-electron chi connectivity index (χ3n) is 2.64. The lowest BCUT2D eigenvalue weighted by atomic mass is 10.4. The van der Waals surface area contributed by atoms with Gasteiger partial charge in [0.2, 0.25) is 5.96 Å². The molecule has 94 valence electrons. The number of nitrogens with zero attached hydrogens (tertiary/aromatic N) is 2. The van der Waals surface area contributed by atoms with Gasteiger partial charge in [0.1, 0.15) is 0 Å². The highest BCUT2D eigenvalue weighted by molar-refractivity contribution is 5.80. The molecule has 0 aromatic rings. The lowest BCUT2D eigenvalue weighted by Gasteiger charge is -2.23. The second-order valence-electron chi connectivity index (χ2n) is 3.92. The van der Waals surface area contributed by atoms with Crippen molar-refractivity contribution in [2.75, 3.05) is 26.3 Å². The Balaban J connectivity index is 2.30. The van der Waals surface area contributed by atoms with Gasteiger partial charge in [-0.25, -0.2) is 5.84 Å². The first-order valence-electron chi connectivity index (χ1n) is 6.18. The SMILES string of the molecule is CCOCCCN=C(NN)N(CC)C1CC1. The van der Waals surface area contributed by atoms with Gasteiger partial charge in [-0.05, 0) is 33.1 Å². The molecule has 0 spiro atoms. The van der Waals surface area contributed by atoms with Crippen molar-refractivity contribution >= 4 is 5.96 Å². The molecule has 5 heteroatoms. The molecule has 16 heavy (non-hydrogen) atoms. The normalized spacial score (nSPS) is 16.3. The number of ether oxygens (including phenoxy) is 1. The second kappa shape index (κ2) is 7.46. The summed E-state index contributed by atoms with van der Waals surface area (Å²) < 4.78 is 5.26. The molecule has 3 N–H and O–H groups in total. The van der Waals surface area contributed by atoms with Crippen LogP contribution in [-0.2, 0) is 4.74 Å². The van der Waals surface area contributed by atoms with Gasteiger partial charge in [-0.15, -0.1) is 0 Å². The second-order valence-corrected chi connectivity index (χ2v) is 3.92. The van der Waals surface area contributed by atoms with Gasteiger partial charge in [-0.2, -0.15) is 0 Å². The van der Waals surface area contributed by atoms with Crippen LogP contribution in [0.15, 0.2) is 4.99 Å². The highest BCUT2D eigenvalue weighted by Gasteiger charge is 2.29. The van der Waals surface area contributed by atoms with Crippen molar-refractivity contribution in [2.24, 2.45) is 10.8 Å². The van der Waals surface area contributed by atoms with Crippen molar-refractivity contribution in [2.45, 2.75) is 39.2 Å². The Labute approximate surface area is 98.0 Å². The minimum Gasteiger partial charge on any atom is -0.382 e. The number of nitrogens with two attached hydrogens (primary N) is 1. The number of nitrogens with one attached hydrogen (secondary N) is 1. The van der Waals surface area contributed by atoms with E-state index in [4.69, 9.17) is 10.6 Å². The van der Waals surface area contributed by atoms with Gasteiger partial charge in [-0.3, -0.25) is 10.4 Å². The highest BCUT2D eigenvalue weighted by atomic mass is 16.5. The quantitative estimate of drug-likeness (QED) is 0.221. The molecule has 0 aliphatic heterocycles. The molecule has 0 atom stereocenters. The number of guanidine groups is 1. The standard InChI is InChI=1S/C11H24N4O/c1-3-15(10-6-7-10)11(14-12)13-8-5-9-16-4-2/h10H,3-9,12H2,1-2H3,(H,13,14).